The van der Waals surface area contributed by atoms with Crippen LogP contribution in [0.5, 0.6) is 11.5 Å². The van der Waals surface area contributed by atoms with Crippen molar-refractivity contribution in [3.63, 3.8) is 0 Å². The van der Waals surface area contributed by atoms with Crippen molar-refractivity contribution in [3.05, 3.63) is 119 Å². The molecule has 10 heteroatoms. The van der Waals surface area contributed by atoms with E-state index in [0.29, 0.717) is 34.2 Å². The van der Waals surface area contributed by atoms with E-state index >= 15 is 0 Å². The molecule has 0 radical (unpaired) electrons. The molecule has 0 spiro atoms. The molecule has 0 bridgehead atoms. The van der Waals surface area contributed by atoms with Gasteiger partial charge in [0.25, 0.3) is 5.91 Å². The number of aryl methyl sites for hydroxylation is 1. The minimum absolute atomic E-state index is 0.0277. The van der Waals surface area contributed by atoms with Gasteiger partial charge in [-0.25, -0.2) is 4.79 Å². The molecule has 0 fully saturated rings. The number of carbonyl (C=O) groups excluding carboxylic acids is 3. The number of amides is 2. The Labute approximate surface area is 255 Å². The van der Waals surface area contributed by atoms with Crippen LogP contribution in [0.25, 0.3) is 0 Å². The van der Waals surface area contributed by atoms with Crippen LogP contribution < -0.4 is 14.8 Å². The van der Waals surface area contributed by atoms with Gasteiger partial charge in [0.2, 0.25) is 5.91 Å². The highest BCUT2D eigenvalue weighted by atomic mass is 35.5. The molecule has 0 saturated heterocycles. The summed E-state index contributed by atoms with van der Waals surface area (Å²) in [6, 6.07) is 23.4. The lowest BCUT2D eigenvalue weighted by Gasteiger charge is -2.31. The number of halogens is 1. The topological polar surface area (TPSA) is 107 Å². The highest BCUT2D eigenvalue weighted by Gasteiger charge is 2.33. The SMILES string of the molecule is COC(=O)c1ccc(C(C(=O)Nc2ccc(Cl)cc2)N(Cc2ccc(OC)cc2OC)C(=O)CCc2ccccc2)nc1. The number of rotatable bonds is 12. The first-order valence-electron chi connectivity index (χ1n) is 13.5. The normalized spacial score (nSPS) is 11.3. The third-order valence-corrected chi connectivity index (χ3v) is 7.04. The lowest BCUT2D eigenvalue weighted by atomic mass is 10.0. The van der Waals surface area contributed by atoms with Gasteiger partial charge in [0.15, 0.2) is 6.04 Å². The highest BCUT2D eigenvalue weighted by Crippen LogP contribution is 2.31. The van der Waals surface area contributed by atoms with E-state index in [2.05, 4.69) is 10.3 Å². The molecule has 0 aliphatic rings. The van der Waals surface area contributed by atoms with Crippen molar-refractivity contribution >= 4 is 35.1 Å². The van der Waals surface area contributed by atoms with Gasteiger partial charge < -0.3 is 24.4 Å². The van der Waals surface area contributed by atoms with Gasteiger partial charge in [-0.1, -0.05) is 41.9 Å². The van der Waals surface area contributed by atoms with Crippen LogP contribution in [0, 0.1) is 0 Å². The number of carbonyl (C=O) groups is 3. The zero-order valence-corrected chi connectivity index (χ0v) is 24.8. The summed E-state index contributed by atoms with van der Waals surface area (Å²) in [4.78, 5) is 46.0. The van der Waals surface area contributed by atoms with Crippen molar-refractivity contribution in [3.8, 4) is 11.5 Å². The summed E-state index contributed by atoms with van der Waals surface area (Å²) in [6.45, 7) is 0.0277. The number of ether oxygens (including phenoxy) is 3. The summed E-state index contributed by atoms with van der Waals surface area (Å²) >= 11 is 6.04. The van der Waals surface area contributed by atoms with E-state index in [9.17, 15) is 14.4 Å². The third kappa shape index (κ3) is 8.11. The van der Waals surface area contributed by atoms with E-state index in [0.717, 1.165) is 5.56 Å². The second kappa shape index (κ2) is 14.8. The lowest BCUT2D eigenvalue weighted by molar-refractivity contribution is -0.139. The molecule has 1 N–H and O–H groups in total. The molecule has 4 rings (SSSR count). The molecule has 4 aromatic rings. The Hall–Kier alpha value is -4.89. The molecule has 0 saturated carbocycles. The Balaban J connectivity index is 1.77. The fourth-order valence-corrected chi connectivity index (χ4v) is 4.64. The van der Waals surface area contributed by atoms with Crippen LogP contribution in [0.3, 0.4) is 0 Å². The van der Waals surface area contributed by atoms with Crippen LogP contribution in [-0.4, -0.2) is 49.0 Å². The zero-order chi connectivity index (χ0) is 30.8. The number of nitrogens with one attached hydrogen (secondary N) is 1. The second-order valence-electron chi connectivity index (χ2n) is 9.55. The van der Waals surface area contributed by atoms with E-state index in [1.54, 1.807) is 55.6 Å². The first kappa shape index (κ1) is 31.1. The Morgan fingerprint density at radius 3 is 2.28 bits per heavy atom. The number of hydrogen-bond donors (Lipinski definition) is 1. The molecule has 1 unspecified atom stereocenters. The molecule has 1 aromatic heterocycles. The number of nitrogens with zero attached hydrogens (tertiary/aromatic N) is 2. The fourth-order valence-electron chi connectivity index (χ4n) is 4.51. The molecule has 9 nitrogen and oxygen atoms in total. The van der Waals surface area contributed by atoms with Crippen LogP contribution in [0.2, 0.25) is 5.02 Å². The molecular formula is C33H32ClN3O6. The van der Waals surface area contributed by atoms with Crippen LogP contribution in [0.15, 0.2) is 91.1 Å². The van der Waals surface area contributed by atoms with Crippen LogP contribution in [0.4, 0.5) is 5.69 Å². The predicted molar refractivity (Wildman–Crippen MR) is 163 cm³/mol. The van der Waals surface area contributed by atoms with Crippen molar-refractivity contribution in [1.82, 2.24) is 9.88 Å². The first-order valence-corrected chi connectivity index (χ1v) is 13.9. The fraction of sp³-hybridized carbons (Fsp3) is 0.212. The zero-order valence-electron chi connectivity index (χ0n) is 24.1. The van der Waals surface area contributed by atoms with E-state index in [-0.39, 0.29) is 30.1 Å². The Kier molecular flexibility index (Phi) is 10.7. The van der Waals surface area contributed by atoms with E-state index in [4.69, 9.17) is 25.8 Å². The van der Waals surface area contributed by atoms with Gasteiger partial charge in [0, 0.05) is 35.0 Å². The number of benzene rings is 3. The standard InChI is InChI=1S/C33H32ClN3O6/c1-41-27-16-10-24(29(19-27)42-2)21-37(30(38)18-9-22-7-5-4-6-8-22)31(28-17-11-23(20-35-28)33(40)43-3)32(39)36-26-14-12-25(34)13-15-26/h4-8,10-17,19-20,31H,9,18,21H2,1-3H3,(H,36,39). The maximum Gasteiger partial charge on any atom is 0.339 e. The van der Waals surface area contributed by atoms with Crippen LogP contribution in [-0.2, 0) is 27.3 Å². The summed E-state index contributed by atoms with van der Waals surface area (Å²) in [6.07, 6.45) is 1.92. The molecule has 0 aliphatic carbocycles. The number of methoxy groups -OCH3 is 3. The largest absolute Gasteiger partial charge is 0.497 e. The van der Waals surface area contributed by atoms with Gasteiger partial charge in [0.05, 0.1) is 39.1 Å². The average Bonchev–Trinajstić information content (AvgIpc) is 3.04. The van der Waals surface area contributed by atoms with Gasteiger partial charge in [-0.3, -0.25) is 14.6 Å². The first-order chi connectivity index (χ1) is 20.8. The summed E-state index contributed by atoms with van der Waals surface area (Å²) in [5.74, 6) is -0.274. The Morgan fingerprint density at radius 1 is 0.907 bits per heavy atom. The monoisotopic (exact) mass is 601 g/mol. The number of pyridine rings is 1. The van der Waals surface area contributed by atoms with Gasteiger partial charge >= 0.3 is 5.97 Å². The van der Waals surface area contributed by atoms with Crippen molar-refractivity contribution < 1.29 is 28.6 Å². The van der Waals surface area contributed by atoms with E-state index in [1.165, 1.54) is 31.4 Å². The molecule has 3 aromatic carbocycles. The van der Waals surface area contributed by atoms with Gasteiger partial charge in [-0.2, -0.15) is 0 Å². The second-order valence-corrected chi connectivity index (χ2v) is 9.98. The summed E-state index contributed by atoms with van der Waals surface area (Å²) in [5, 5.41) is 3.40. The smallest absolute Gasteiger partial charge is 0.339 e. The summed E-state index contributed by atoms with van der Waals surface area (Å²) in [7, 11) is 4.35. The van der Waals surface area contributed by atoms with Crippen molar-refractivity contribution in [2.75, 3.05) is 26.6 Å². The molecule has 1 atom stereocenters. The quantitative estimate of drug-likeness (QED) is 0.202. The Morgan fingerprint density at radius 2 is 1.65 bits per heavy atom. The summed E-state index contributed by atoms with van der Waals surface area (Å²) < 4.78 is 15.7. The average molecular weight is 602 g/mol. The van der Waals surface area contributed by atoms with E-state index < -0.39 is 17.9 Å². The minimum Gasteiger partial charge on any atom is -0.497 e. The minimum atomic E-state index is -1.17. The Bertz CT molecular complexity index is 1550. The highest BCUT2D eigenvalue weighted by molar-refractivity contribution is 6.30. The molecule has 0 aliphatic heterocycles. The maximum absolute atomic E-state index is 14.0. The van der Waals surface area contributed by atoms with Crippen molar-refractivity contribution in [2.45, 2.75) is 25.4 Å². The molecular weight excluding hydrogens is 570 g/mol. The number of esters is 1. The summed E-state index contributed by atoms with van der Waals surface area (Å²) in [5.41, 5.74) is 2.61. The number of anilines is 1. The lowest BCUT2D eigenvalue weighted by Crippen LogP contribution is -2.41. The molecule has 1 heterocycles. The van der Waals surface area contributed by atoms with Gasteiger partial charge in [-0.15, -0.1) is 0 Å². The molecule has 222 valence electrons. The van der Waals surface area contributed by atoms with Gasteiger partial charge in [-0.05, 0) is 60.5 Å². The van der Waals surface area contributed by atoms with Crippen LogP contribution in [0.1, 0.15) is 39.6 Å². The molecule has 2 amide bonds. The number of hydrogen-bond acceptors (Lipinski definition) is 7. The van der Waals surface area contributed by atoms with Crippen LogP contribution >= 0.6 is 11.6 Å². The number of aromatic nitrogens is 1. The maximum atomic E-state index is 14.0. The van der Waals surface area contributed by atoms with Gasteiger partial charge in [0.1, 0.15) is 11.5 Å². The van der Waals surface area contributed by atoms with Crippen molar-refractivity contribution in [2.24, 2.45) is 0 Å². The van der Waals surface area contributed by atoms with Crippen molar-refractivity contribution in [1.29, 1.82) is 0 Å². The third-order valence-electron chi connectivity index (χ3n) is 6.79. The predicted octanol–water partition coefficient (Wildman–Crippen LogP) is 5.88. The molecule has 43 heavy (non-hydrogen) atoms. The van der Waals surface area contributed by atoms with E-state index in [1.807, 2.05) is 30.3 Å².